The lowest BCUT2D eigenvalue weighted by atomic mass is 9.80. The predicted molar refractivity (Wildman–Crippen MR) is 65.2 cm³/mol. The Hall–Kier alpha value is -0.570. The third-order valence-corrected chi connectivity index (χ3v) is 3.85. The van der Waals surface area contributed by atoms with Crippen LogP contribution in [0.1, 0.15) is 51.9 Å². The Labute approximate surface area is 98.4 Å². The van der Waals surface area contributed by atoms with Gasteiger partial charge in [0.1, 0.15) is 0 Å². The van der Waals surface area contributed by atoms with Crippen molar-refractivity contribution in [3.05, 3.63) is 0 Å². The van der Waals surface area contributed by atoms with E-state index in [1.165, 1.54) is 32.1 Å². The van der Waals surface area contributed by atoms with Crippen LogP contribution in [0.2, 0.25) is 0 Å². The molecule has 0 saturated heterocycles. The minimum absolute atomic E-state index is 0.266. The van der Waals surface area contributed by atoms with Crippen molar-refractivity contribution < 1.29 is 9.90 Å². The third-order valence-electron chi connectivity index (χ3n) is 3.85. The van der Waals surface area contributed by atoms with E-state index < -0.39 is 5.97 Å². The van der Waals surface area contributed by atoms with E-state index in [1.807, 2.05) is 0 Å². The van der Waals surface area contributed by atoms with E-state index in [0.29, 0.717) is 5.92 Å². The highest BCUT2D eigenvalue weighted by Crippen LogP contribution is 2.31. The van der Waals surface area contributed by atoms with Crippen LogP contribution < -0.4 is 5.73 Å². The maximum atomic E-state index is 10.8. The summed E-state index contributed by atoms with van der Waals surface area (Å²) in [7, 11) is 0. The second-order valence-electron chi connectivity index (χ2n) is 5.34. The summed E-state index contributed by atoms with van der Waals surface area (Å²) in [5.41, 5.74) is 5.45. The number of carboxylic acid groups (broad SMARTS) is 1. The largest absolute Gasteiger partial charge is 0.481 e. The van der Waals surface area contributed by atoms with Crippen molar-refractivity contribution in [2.24, 2.45) is 23.5 Å². The molecule has 16 heavy (non-hydrogen) atoms. The molecule has 0 unspecified atom stereocenters. The quantitative estimate of drug-likeness (QED) is 0.670. The van der Waals surface area contributed by atoms with Gasteiger partial charge in [-0.1, -0.05) is 45.4 Å². The van der Waals surface area contributed by atoms with Crippen LogP contribution >= 0.6 is 0 Å². The summed E-state index contributed by atoms with van der Waals surface area (Å²) < 4.78 is 0. The monoisotopic (exact) mass is 227 g/mol. The summed E-state index contributed by atoms with van der Waals surface area (Å²) in [6, 6.07) is 0. The van der Waals surface area contributed by atoms with E-state index in [4.69, 9.17) is 10.8 Å². The van der Waals surface area contributed by atoms with Crippen molar-refractivity contribution in [3.63, 3.8) is 0 Å². The van der Waals surface area contributed by atoms with Gasteiger partial charge in [0.2, 0.25) is 0 Å². The molecule has 3 heteroatoms. The fraction of sp³-hybridized carbons (Fsp3) is 0.923. The van der Waals surface area contributed by atoms with Crippen molar-refractivity contribution in [2.75, 3.05) is 6.54 Å². The average molecular weight is 227 g/mol. The number of carboxylic acids is 1. The van der Waals surface area contributed by atoms with Crippen molar-refractivity contribution in [1.82, 2.24) is 0 Å². The second kappa shape index (κ2) is 6.89. The van der Waals surface area contributed by atoms with Crippen LogP contribution in [-0.2, 0) is 4.79 Å². The van der Waals surface area contributed by atoms with Crippen molar-refractivity contribution in [3.8, 4) is 0 Å². The first-order chi connectivity index (χ1) is 7.63. The van der Waals surface area contributed by atoms with Gasteiger partial charge in [0.15, 0.2) is 0 Å². The van der Waals surface area contributed by atoms with Crippen molar-refractivity contribution in [2.45, 2.75) is 51.9 Å². The normalized spacial score (nSPS) is 20.1. The Morgan fingerprint density at radius 1 is 1.50 bits per heavy atom. The van der Waals surface area contributed by atoms with Gasteiger partial charge in [-0.15, -0.1) is 0 Å². The van der Waals surface area contributed by atoms with Gasteiger partial charge in [0.05, 0.1) is 5.92 Å². The first kappa shape index (κ1) is 13.5. The minimum Gasteiger partial charge on any atom is -0.481 e. The Bertz CT molecular complexity index is 214. The lowest BCUT2D eigenvalue weighted by Gasteiger charge is -2.25. The van der Waals surface area contributed by atoms with Gasteiger partial charge in [0.25, 0.3) is 0 Å². The highest BCUT2D eigenvalue weighted by molar-refractivity contribution is 5.70. The molecule has 0 aromatic heterocycles. The van der Waals surface area contributed by atoms with Crippen LogP contribution in [0, 0.1) is 17.8 Å². The fourth-order valence-electron chi connectivity index (χ4n) is 2.44. The second-order valence-corrected chi connectivity index (χ2v) is 5.34. The standard InChI is InChI=1S/C13H25NO2/c1-10(8-12(9-14)13(15)16)4-2-5-11-6-3-7-11/h10-12H,2-9,14H2,1H3,(H,15,16)/t10-,12+/m0/s1. The number of aliphatic carboxylic acids is 1. The predicted octanol–water partition coefficient (Wildman–Crippen LogP) is 2.64. The van der Waals surface area contributed by atoms with Gasteiger partial charge >= 0.3 is 5.97 Å². The number of hydrogen-bond donors (Lipinski definition) is 2. The zero-order chi connectivity index (χ0) is 12.0. The molecule has 0 radical (unpaired) electrons. The molecule has 1 saturated carbocycles. The lowest BCUT2D eigenvalue weighted by molar-refractivity contribution is -0.141. The average Bonchev–Trinajstić information content (AvgIpc) is 2.17. The first-order valence-electron chi connectivity index (χ1n) is 6.56. The van der Waals surface area contributed by atoms with Gasteiger partial charge in [-0.25, -0.2) is 0 Å². The SMILES string of the molecule is C[C@@H](CCCC1CCC1)C[C@H](CN)C(=O)O. The van der Waals surface area contributed by atoms with E-state index >= 15 is 0 Å². The number of hydrogen-bond acceptors (Lipinski definition) is 2. The Balaban J connectivity index is 2.08. The Kier molecular flexibility index (Phi) is 5.81. The summed E-state index contributed by atoms with van der Waals surface area (Å²) in [6.45, 7) is 2.41. The van der Waals surface area contributed by atoms with Gasteiger partial charge in [0, 0.05) is 6.54 Å². The topological polar surface area (TPSA) is 63.3 Å². The molecule has 1 fully saturated rings. The first-order valence-corrected chi connectivity index (χ1v) is 6.56. The highest BCUT2D eigenvalue weighted by Gasteiger charge is 2.20. The van der Waals surface area contributed by atoms with Crippen LogP contribution in [0.25, 0.3) is 0 Å². The summed E-state index contributed by atoms with van der Waals surface area (Å²) >= 11 is 0. The zero-order valence-electron chi connectivity index (χ0n) is 10.3. The lowest BCUT2D eigenvalue weighted by Crippen LogP contribution is -2.25. The van der Waals surface area contributed by atoms with E-state index in [-0.39, 0.29) is 12.5 Å². The molecule has 1 rings (SSSR count). The van der Waals surface area contributed by atoms with Gasteiger partial charge in [-0.05, 0) is 18.3 Å². The third kappa shape index (κ3) is 4.52. The number of carbonyl (C=O) groups is 1. The molecule has 1 aliphatic carbocycles. The van der Waals surface area contributed by atoms with Crippen LogP contribution in [0.3, 0.4) is 0 Å². The summed E-state index contributed by atoms with van der Waals surface area (Å²) in [5, 5.41) is 8.90. The van der Waals surface area contributed by atoms with Gasteiger partial charge < -0.3 is 10.8 Å². The minimum atomic E-state index is -0.742. The molecule has 0 bridgehead atoms. The van der Waals surface area contributed by atoms with Crippen LogP contribution in [0.4, 0.5) is 0 Å². The molecule has 0 aromatic rings. The molecule has 0 amide bonds. The Morgan fingerprint density at radius 3 is 2.62 bits per heavy atom. The molecular weight excluding hydrogens is 202 g/mol. The summed E-state index contributed by atoms with van der Waals surface area (Å²) in [4.78, 5) is 10.8. The molecule has 94 valence electrons. The summed E-state index contributed by atoms with van der Waals surface area (Å²) in [6.07, 6.45) is 8.71. The van der Waals surface area contributed by atoms with Crippen molar-refractivity contribution in [1.29, 1.82) is 0 Å². The summed E-state index contributed by atoms with van der Waals surface area (Å²) in [5.74, 6) is 0.369. The molecule has 1 aliphatic rings. The maximum absolute atomic E-state index is 10.8. The Morgan fingerprint density at radius 2 is 2.19 bits per heavy atom. The van der Waals surface area contributed by atoms with Crippen LogP contribution in [-0.4, -0.2) is 17.6 Å². The molecule has 3 nitrogen and oxygen atoms in total. The fourth-order valence-corrected chi connectivity index (χ4v) is 2.44. The molecule has 0 spiro atoms. The van der Waals surface area contributed by atoms with E-state index in [9.17, 15) is 4.79 Å². The van der Waals surface area contributed by atoms with Gasteiger partial charge in [-0.2, -0.15) is 0 Å². The number of rotatable bonds is 8. The number of nitrogens with two attached hydrogens (primary N) is 1. The smallest absolute Gasteiger partial charge is 0.307 e. The molecule has 0 aliphatic heterocycles. The van der Waals surface area contributed by atoms with E-state index in [0.717, 1.165) is 18.8 Å². The van der Waals surface area contributed by atoms with Crippen molar-refractivity contribution >= 4 is 5.97 Å². The van der Waals surface area contributed by atoms with E-state index in [1.54, 1.807) is 0 Å². The van der Waals surface area contributed by atoms with Gasteiger partial charge in [-0.3, -0.25) is 4.79 Å². The van der Waals surface area contributed by atoms with Crippen LogP contribution in [0.15, 0.2) is 0 Å². The zero-order valence-corrected chi connectivity index (χ0v) is 10.3. The molecule has 3 N–H and O–H groups in total. The molecular formula is C13H25NO2. The molecule has 0 heterocycles. The van der Waals surface area contributed by atoms with E-state index in [2.05, 4.69) is 6.92 Å². The maximum Gasteiger partial charge on any atom is 0.307 e. The molecule has 0 aromatic carbocycles. The molecule has 2 atom stereocenters. The van der Waals surface area contributed by atoms with Crippen LogP contribution in [0.5, 0.6) is 0 Å². The highest BCUT2D eigenvalue weighted by atomic mass is 16.4.